The first-order chi connectivity index (χ1) is 10.1. The van der Waals surface area contributed by atoms with E-state index >= 15 is 0 Å². The minimum Gasteiger partial charge on any atom is -0.465 e. The number of hydrogen-bond acceptors (Lipinski definition) is 4. The number of methoxy groups -OCH3 is 1. The van der Waals surface area contributed by atoms with Crippen LogP contribution in [0.4, 0.5) is 5.69 Å². The molecule has 2 aromatic rings. The third-order valence-electron chi connectivity index (χ3n) is 3.15. The van der Waals surface area contributed by atoms with E-state index < -0.39 is 5.97 Å². The van der Waals surface area contributed by atoms with Gasteiger partial charge in [0.2, 0.25) is 5.91 Å². The number of hydrogen-bond donors (Lipinski definition) is 1. The minimum atomic E-state index is -0.413. The fourth-order valence-electron chi connectivity index (χ4n) is 1.91. The van der Waals surface area contributed by atoms with Crippen molar-refractivity contribution < 1.29 is 14.3 Å². The number of benzene rings is 1. The van der Waals surface area contributed by atoms with Crippen molar-refractivity contribution in [2.45, 2.75) is 19.8 Å². The summed E-state index contributed by atoms with van der Waals surface area (Å²) in [5.74, 6) is -0.477. The Labute approximate surface area is 127 Å². The highest BCUT2D eigenvalue weighted by atomic mass is 32.1. The van der Waals surface area contributed by atoms with Crippen molar-refractivity contribution in [3.05, 3.63) is 51.7 Å². The smallest absolute Gasteiger partial charge is 0.337 e. The van der Waals surface area contributed by atoms with E-state index in [0.717, 1.165) is 11.1 Å². The summed E-state index contributed by atoms with van der Waals surface area (Å²) in [6.07, 6.45) is 1.13. The summed E-state index contributed by atoms with van der Waals surface area (Å²) in [5, 5.41) is 6.88. The highest BCUT2D eigenvalue weighted by Crippen LogP contribution is 2.18. The predicted octanol–water partition coefficient (Wildman–Crippen LogP) is 3.41. The van der Waals surface area contributed by atoms with E-state index in [2.05, 4.69) is 10.1 Å². The van der Waals surface area contributed by atoms with Gasteiger partial charge in [-0.25, -0.2) is 4.79 Å². The molecule has 21 heavy (non-hydrogen) atoms. The van der Waals surface area contributed by atoms with Gasteiger partial charge in [0.05, 0.1) is 12.7 Å². The Bertz CT molecular complexity index is 635. The average Bonchev–Trinajstić information content (AvgIpc) is 3.00. The quantitative estimate of drug-likeness (QED) is 0.861. The Balaban J connectivity index is 2.01. The van der Waals surface area contributed by atoms with E-state index in [1.54, 1.807) is 29.5 Å². The molecule has 1 aromatic heterocycles. The topological polar surface area (TPSA) is 55.4 Å². The van der Waals surface area contributed by atoms with Crippen LogP contribution < -0.4 is 5.32 Å². The highest BCUT2D eigenvalue weighted by Gasteiger charge is 2.10. The number of esters is 1. The predicted molar refractivity (Wildman–Crippen MR) is 83.8 cm³/mol. The van der Waals surface area contributed by atoms with Gasteiger partial charge in [-0.15, -0.1) is 0 Å². The van der Waals surface area contributed by atoms with Crippen LogP contribution in [-0.4, -0.2) is 19.0 Å². The Hall–Kier alpha value is -2.14. The van der Waals surface area contributed by atoms with Crippen LogP contribution in [0.15, 0.2) is 35.0 Å². The minimum absolute atomic E-state index is 0.0636. The number of ether oxygens (including phenoxy) is 1. The average molecular weight is 303 g/mol. The van der Waals surface area contributed by atoms with E-state index in [4.69, 9.17) is 0 Å². The molecule has 1 N–H and O–H groups in total. The van der Waals surface area contributed by atoms with Gasteiger partial charge in [-0.2, -0.15) is 11.3 Å². The Kier molecular flexibility index (Phi) is 5.11. The molecule has 0 fully saturated rings. The lowest BCUT2D eigenvalue weighted by Crippen LogP contribution is -2.14. The highest BCUT2D eigenvalue weighted by molar-refractivity contribution is 7.07. The van der Waals surface area contributed by atoms with Crippen molar-refractivity contribution in [3.63, 3.8) is 0 Å². The van der Waals surface area contributed by atoms with E-state index in [1.165, 1.54) is 7.11 Å². The van der Waals surface area contributed by atoms with Crippen LogP contribution in [0.2, 0.25) is 0 Å². The van der Waals surface area contributed by atoms with E-state index in [-0.39, 0.29) is 5.91 Å². The molecule has 1 amide bonds. The van der Waals surface area contributed by atoms with Crippen molar-refractivity contribution in [1.29, 1.82) is 0 Å². The zero-order valence-electron chi connectivity index (χ0n) is 12.0. The summed E-state index contributed by atoms with van der Waals surface area (Å²) in [6.45, 7) is 1.88. The number of aryl methyl sites for hydroxylation is 2. The lowest BCUT2D eigenvalue weighted by atomic mass is 10.1. The number of thiophene rings is 1. The van der Waals surface area contributed by atoms with Crippen molar-refractivity contribution in [1.82, 2.24) is 0 Å². The van der Waals surface area contributed by atoms with Gasteiger partial charge in [0.25, 0.3) is 0 Å². The van der Waals surface area contributed by atoms with Crippen molar-refractivity contribution in [2.75, 3.05) is 12.4 Å². The lowest BCUT2D eigenvalue weighted by molar-refractivity contribution is -0.116. The number of carbonyl (C=O) groups is 2. The fourth-order valence-corrected chi connectivity index (χ4v) is 2.61. The van der Waals surface area contributed by atoms with E-state index in [1.807, 2.05) is 23.8 Å². The summed E-state index contributed by atoms with van der Waals surface area (Å²) >= 11 is 1.62. The standard InChI is InChI=1S/C16H17NO3S/c1-11-3-5-13(16(19)20-2)9-14(11)17-15(18)6-4-12-7-8-21-10-12/h3,5,7-10H,4,6H2,1-2H3,(H,17,18). The molecule has 0 spiro atoms. The van der Waals surface area contributed by atoms with Gasteiger partial charge < -0.3 is 10.1 Å². The number of carbonyl (C=O) groups excluding carboxylic acids is 2. The maximum Gasteiger partial charge on any atom is 0.337 e. The molecule has 0 atom stereocenters. The second-order valence-corrected chi connectivity index (χ2v) is 5.48. The van der Waals surface area contributed by atoms with Gasteiger partial charge in [0.15, 0.2) is 0 Å². The van der Waals surface area contributed by atoms with Gasteiger partial charge in [-0.1, -0.05) is 6.07 Å². The van der Waals surface area contributed by atoms with Crippen LogP contribution in [-0.2, 0) is 16.0 Å². The first-order valence-electron chi connectivity index (χ1n) is 6.60. The van der Waals surface area contributed by atoms with Gasteiger partial charge in [-0.3, -0.25) is 4.79 Å². The van der Waals surface area contributed by atoms with Crippen LogP contribution >= 0.6 is 11.3 Å². The maximum absolute atomic E-state index is 12.0. The third kappa shape index (κ3) is 4.16. The summed E-state index contributed by atoms with van der Waals surface area (Å²) in [6, 6.07) is 7.13. The maximum atomic E-state index is 12.0. The van der Waals surface area contributed by atoms with Gasteiger partial charge in [0, 0.05) is 12.1 Å². The summed E-state index contributed by atoms with van der Waals surface area (Å²) in [5.41, 5.74) is 3.14. The second kappa shape index (κ2) is 7.04. The van der Waals surface area contributed by atoms with Crippen LogP contribution in [0.25, 0.3) is 0 Å². The van der Waals surface area contributed by atoms with Crippen LogP contribution in [0.5, 0.6) is 0 Å². The Morgan fingerprint density at radius 2 is 2.10 bits per heavy atom. The molecule has 0 aliphatic carbocycles. The van der Waals surface area contributed by atoms with Crippen molar-refractivity contribution >= 4 is 28.9 Å². The monoisotopic (exact) mass is 303 g/mol. The lowest BCUT2D eigenvalue weighted by Gasteiger charge is -2.10. The second-order valence-electron chi connectivity index (χ2n) is 4.70. The van der Waals surface area contributed by atoms with Crippen LogP contribution in [0, 0.1) is 6.92 Å². The first-order valence-corrected chi connectivity index (χ1v) is 7.54. The molecule has 1 aromatic carbocycles. The molecule has 0 saturated heterocycles. The number of rotatable bonds is 5. The Morgan fingerprint density at radius 3 is 2.76 bits per heavy atom. The molecule has 0 unspecified atom stereocenters. The zero-order chi connectivity index (χ0) is 15.2. The fraction of sp³-hybridized carbons (Fsp3) is 0.250. The van der Waals surface area contributed by atoms with E-state index in [9.17, 15) is 9.59 Å². The molecular formula is C16H17NO3S. The van der Waals surface area contributed by atoms with E-state index in [0.29, 0.717) is 24.1 Å². The Morgan fingerprint density at radius 1 is 1.29 bits per heavy atom. The normalized spacial score (nSPS) is 10.2. The molecule has 110 valence electrons. The van der Waals surface area contributed by atoms with Gasteiger partial charge >= 0.3 is 5.97 Å². The molecule has 0 radical (unpaired) electrons. The van der Waals surface area contributed by atoms with Crippen molar-refractivity contribution in [3.8, 4) is 0 Å². The zero-order valence-corrected chi connectivity index (χ0v) is 12.8. The van der Waals surface area contributed by atoms with Gasteiger partial charge in [-0.05, 0) is 53.4 Å². The number of nitrogens with one attached hydrogen (secondary N) is 1. The summed E-state index contributed by atoms with van der Waals surface area (Å²) in [4.78, 5) is 23.5. The largest absolute Gasteiger partial charge is 0.465 e. The third-order valence-corrected chi connectivity index (χ3v) is 3.89. The molecule has 0 saturated carbocycles. The molecule has 5 heteroatoms. The van der Waals surface area contributed by atoms with Crippen LogP contribution in [0.3, 0.4) is 0 Å². The summed E-state index contributed by atoms with van der Waals surface area (Å²) < 4.78 is 4.68. The molecule has 1 heterocycles. The molecule has 2 rings (SSSR count). The molecule has 4 nitrogen and oxygen atoms in total. The van der Waals surface area contributed by atoms with Crippen LogP contribution in [0.1, 0.15) is 27.9 Å². The van der Waals surface area contributed by atoms with Crippen molar-refractivity contribution in [2.24, 2.45) is 0 Å². The molecule has 0 bridgehead atoms. The number of amides is 1. The SMILES string of the molecule is COC(=O)c1ccc(C)c(NC(=O)CCc2ccsc2)c1. The summed E-state index contributed by atoms with van der Waals surface area (Å²) in [7, 11) is 1.33. The van der Waals surface area contributed by atoms with Gasteiger partial charge in [0.1, 0.15) is 0 Å². The molecule has 0 aliphatic heterocycles. The molecular weight excluding hydrogens is 286 g/mol. The number of anilines is 1. The molecule has 0 aliphatic rings. The first kappa shape index (κ1) is 15.3.